The Morgan fingerprint density at radius 2 is 2.23 bits per heavy atom. The minimum absolute atomic E-state index is 0.0643. The minimum Gasteiger partial charge on any atom is -0.496 e. The second-order valence-corrected chi connectivity index (χ2v) is 5.38. The highest BCUT2D eigenvalue weighted by Crippen LogP contribution is 2.15. The van der Waals surface area contributed by atoms with Crippen LogP contribution in [0.1, 0.15) is 36.5 Å². The molecule has 2 heterocycles. The molecule has 1 aromatic heterocycles. The average molecular weight is 307 g/mol. The van der Waals surface area contributed by atoms with Crippen molar-refractivity contribution in [3.8, 4) is 5.75 Å². The van der Waals surface area contributed by atoms with Crippen LogP contribution in [0.5, 0.6) is 5.75 Å². The van der Waals surface area contributed by atoms with Crippen molar-refractivity contribution in [2.75, 3.05) is 20.2 Å². The number of H-pyrrole nitrogens is 1. The summed E-state index contributed by atoms with van der Waals surface area (Å²) in [5.74, 6) is 0.0157. The molecule has 1 aromatic rings. The van der Waals surface area contributed by atoms with E-state index in [1.807, 2.05) is 6.92 Å². The fraction of sp³-hybridized carbons (Fsp3) is 0.533. The van der Waals surface area contributed by atoms with E-state index in [1.165, 1.54) is 19.4 Å². The molecule has 0 radical (unpaired) electrons. The number of carbonyl (C=O) groups is 2. The number of aromatic nitrogens is 1. The molecule has 0 bridgehead atoms. The zero-order valence-corrected chi connectivity index (χ0v) is 12.8. The lowest BCUT2D eigenvalue weighted by Crippen LogP contribution is -2.47. The Hall–Kier alpha value is -2.31. The van der Waals surface area contributed by atoms with E-state index >= 15 is 0 Å². The second kappa shape index (κ2) is 7.11. The minimum atomic E-state index is -0.343. The highest BCUT2D eigenvalue weighted by molar-refractivity contribution is 5.96. The number of nitrogens with zero attached hydrogens (tertiary/aromatic N) is 1. The summed E-state index contributed by atoms with van der Waals surface area (Å²) >= 11 is 0. The average Bonchev–Trinajstić information content (AvgIpc) is 2.52. The summed E-state index contributed by atoms with van der Waals surface area (Å²) in [7, 11) is 1.40. The summed E-state index contributed by atoms with van der Waals surface area (Å²) in [5.41, 5.74) is -0.0695. The smallest absolute Gasteiger partial charge is 0.256 e. The molecule has 22 heavy (non-hydrogen) atoms. The lowest BCUT2D eigenvalue weighted by molar-refractivity contribution is -0.135. The molecule has 0 spiro atoms. The van der Waals surface area contributed by atoms with Gasteiger partial charge in [0, 0.05) is 37.8 Å². The van der Waals surface area contributed by atoms with Crippen LogP contribution in [0.2, 0.25) is 0 Å². The molecule has 7 heteroatoms. The number of hydrogen-bond donors (Lipinski definition) is 2. The third-order valence-corrected chi connectivity index (χ3v) is 3.80. The van der Waals surface area contributed by atoms with Gasteiger partial charge in [0.15, 0.2) is 0 Å². The highest BCUT2D eigenvalue weighted by Gasteiger charge is 2.23. The summed E-state index contributed by atoms with van der Waals surface area (Å²) in [6.45, 7) is 3.00. The van der Waals surface area contributed by atoms with Gasteiger partial charge in [-0.1, -0.05) is 0 Å². The van der Waals surface area contributed by atoms with E-state index < -0.39 is 0 Å². The van der Waals surface area contributed by atoms with Crippen molar-refractivity contribution < 1.29 is 14.3 Å². The third-order valence-electron chi connectivity index (χ3n) is 3.80. The zero-order valence-electron chi connectivity index (χ0n) is 12.8. The van der Waals surface area contributed by atoms with E-state index in [9.17, 15) is 14.4 Å². The van der Waals surface area contributed by atoms with Crippen LogP contribution in [-0.2, 0) is 4.79 Å². The fourth-order valence-corrected chi connectivity index (χ4v) is 2.54. The van der Waals surface area contributed by atoms with Crippen LogP contribution in [0.3, 0.4) is 0 Å². The van der Waals surface area contributed by atoms with Gasteiger partial charge in [-0.15, -0.1) is 0 Å². The van der Waals surface area contributed by atoms with Gasteiger partial charge in [-0.25, -0.2) is 0 Å². The quantitative estimate of drug-likeness (QED) is 0.829. The molecule has 2 rings (SSSR count). The number of likely N-dealkylation sites (tertiary alicyclic amines) is 1. The van der Waals surface area contributed by atoms with E-state index in [-0.39, 0.29) is 34.7 Å². The van der Waals surface area contributed by atoms with Crippen LogP contribution in [0, 0.1) is 0 Å². The monoisotopic (exact) mass is 307 g/mol. The first-order valence-electron chi connectivity index (χ1n) is 7.37. The second-order valence-electron chi connectivity index (χ2n) is 5.38. The molecule has 0 aromatic carbocycles. The van der Waals surface area contributed by atoms with Gasteiger partial charge in [0.2, 0.25) is 5.91 Å². The summed E-state index contributed by atoms with van der Waals surface area (Å²) in [5, 5.41) is 2.78. The molecule has 0 aliphatic carbocycles. The lowest BCUT2D eigenvalue weighted by Gasteiger charge is -2.32. The lowest BCUT2D eigenvalue weighted by atomic mass is 10.1. The molecular weight excluding hydrogens is 286 g/mol. The van der Waals surface area contributed by atoms with Gasteiger partial charge >= 0.3 is 0 Å². The van der Waals surface area contributed by atoms with Crippen molar-refractivity contribution >= 4 is 11.8 Å². The van der Waals surface area contributed by atoms with E-state index in [0.717, 1.165) is 19.4 Å². The van der Waals surface area contributed by atoms with Gasteiger partial charge in [0.1, 0.15) is 5.75 Å². The first-order valence-corrected chi connectivity index (χ1v) is 7.37. The molecule has 0 saturated carbocycles. The number of rotatable bonds is 5. The molecule has 1 aliphatic rings. The van der Waals surface area contributed by atoms with Crippen molar-refractivity contribution in [2.45, 2.75) is 32.2 Å². The normalized spacial score (nSPS) is 16.3. The topological polar surface area (TPSA) is 91.5 Å². The molecule has 2 N–H and O–H groups in total. The molecular formula is C15H21N3O4. The molecule has 7 nitrogen and oxygen atoms in total. The van der Waals surface area contributed by atoms with Gasteiger partial charge < -0.3 is 19.9 Å². The third kappa shape index (κ3) is 3.66. The Morgan fingerprint density at radius 1 is 1.45 bits per heavy atom. The molecule has 1 atom stereocenters. The molecule has 1 fully saturated rings. The van der Waals surface area contributed by atoms with Crippen LogP contribution >= 0.6 is 0 Å². The van der Waals surface area contributed by atoms with Crippen molar-refractivity contribution in [3.63, 3.8) is 0 Å². The Bertz CT molecular complexity index is 611. The van der Waals surface area contributed by atoms with Crippen molar-refractivity contribution in [2.24, 2.45) is 0 Å². The fourth-order valence-electron chi connectivity index (χ4n) is 2.54. The predicted octanol–water partition coefficient (Wildman–Crippen LogP) is 0.514. The van der Waals surface area contributed by atoms with Crippen molar-refractivity contribution in [3.05, 3.63) is 28.2 Å². The Balaban J connectivity index is 1.97. The van der Waals surface area contributed by atoms with E-state index in [2.05, 4.69) is 10.3 Å². The van der Waals surface area contributed by atoms with Crippen LogP contribution in [0.25, 0.3) is 0 Å². The van der Waals surface area contributed by atoms with Gasteiger partial charge in [-0.2, -0.15) is 0 Å². The van der Waals surface area contributed by atoms with Crippen LogP contribution in [0.15, 0.2) is 17.1 Å². The van der Waals surface area contributed by atoms with E-state index in [4.69, 9.17) is 4.74 Å². The maximum Gasteiger partial charge on any atom is 0.256 e. The number of carbonyl (C=O) groups excluding carboxylic acids is 2. The first-order chi connectivity index (χ1) is 10.5. The number of amides is 2. The van der Waals surface area contributed by atoms with Crippen LogP contribution < -0.4 is 15.6 Å². The molecule has 120 valence electrons. The molecule has 1 unspecified atom stereocenters. The van der Waals surface area contributed by atoms with E-state index in [0.29, 0.717) is 13.0 Å². The molecule has 1 aliphatic heterocycles. The zero-order chi connectivity index (χ0) is 16.1. The Morgan fingerprint density at radius 3 is 2.91 bits per heavy atom. The number of aromatic amines is 1. The van der Waals surface area contributed by atoms with Crippen molar-refractivity contribution in [1.82, 2.24) is 15.2 Å². The largest absolute Gasteiger partial charge is 0.496 e. The number of piperidine rings is 1. The highest BCUT2D eigenvalue weighted by atomic mass is 16.5. The number of nitrogens with one attached hydrogen (secondary N) is 2. The van der Waals surface area contributed by atoms with Gasteiger partial charge in [-0.3, -0.25) is 14.4 Å². The van der Waals surface area contributed by atoms with Gasteiger partial charge in [-0.05, 0) is 19.8 Å². The summed E-state index contributed by atoms with van der Waals surface area (Å²) in [6, 6.07) is 1.16. The van der Waals surface area contributed by atoms with E-state index in [1.54, 1.807) is 4.90 Å². The first kappa shape index (κ1) is 16.1. The Kier molecular flexibility index (Phi) is 5.19. The SMILES string of the molecule is COc1cc(=O)[nH]cc1C(=O)NCC(C)N1CCCCC1=O. The Labute approximate surface area is 128 Å². The number of pyridine rings is 1. The number of hydrogen-bond acceptors (Lipinski definition) is 4. The number of methoxy groups -OCH3 is 1. The summed E-state index contributed by atoms with van der Waals surface area (Å²) < 4.78 is 5.04. The summed E-state index contributed by atoms with van der Waals surface area (Å²) in [4.78, 5) is 39.5. The van der Waals surface area contributed by atoms with Crippen LogP contribution in [0.4, 0.5) is 0 Å². The predicted molar refractivity (Wildman–Crippen MR) is 81.0 cm³/mol. The maximum absolute atomic E-state index is 12.2. The number of ether oxygens (including phenoxy) is 1. The van der Waals surface area contributed by atoms with Crippen molar-refractivity contribution in [1.29, 1.82) is 0 Å². The molecule has 1 saturated heterocycles. The van der Waals surface area contributed by atoms with Gasteiger partial charge in [0.25, 0.3) is 11.5 Å². The standard InChI is InChI=1S/C15H21N3O4/c1-10(18-6-4-3-5-14(18)20)8-17-15(21)11-9-16-13(19)7-12(11)22-2/h7,9-10H,3-6,8H2,1-2H3,(H,16,19)(H,17,21). The summed E-state index contributed by atoms with van der Waals surface area (Å²) in [6.07, 6.45) is 3.83. The van der Waals surface area contributed by atoms with Crippen LogP contribution in [-0.4, -0.2) is 47.9 Å². The molecule has 2 amide bonds. The maximum atomic E-state index is 12.2. The van der Waals surface area contributed by atoms with Gasteiger partial charge in [0.05, 0.1) is 12.7 Å².